The Morgan fingerprint density at radius 3 is 1.57 bits per heavy atom. The molecule has 1 rings (SSSR count). The highest BCUT2D eigenvalue weighted by atomic mass is 15.4. The van der Waals surface area contributed by atoms with Gasteiger partial charge in [0.05, 0.1) is 0 Å². The van der Waals surface area contributed by atoms with Crippen molar-refractivity contribution >= 4 is 0 Å². The van der Waals surface area contributed by atoms with Crippen molar-refractivity contribution in [2.75, 3.05) is 6.54 Å². The predicted molar refractivity (Wildman–Crippen MR) is 126 cm³/mol. The van der Waals surface area contributed by atoms with Crippen molar-refractivity contribution < 1.29 is 0 Å². The molecule has 0 aliphatic carbocycles. The summed E-state index contributed by atoms with van der Waals surface area (Å²) in [6, 6.07) is 0.610. The number of hydrogen-bond acceptors (Lipinski definition) is 2. The van der Waals surface area contributed by atoms with Gasteiger partial charge in [-0.2, -0.15) is 0 Å². The van der Waals surface area contributed by atoms with Gasteiger partial charge in [0.25, 0.3) is 0 Å². The first kappa shape index (κ1) is 25.4. The molecular weight excluding hydrogens is 340 g/mol. The molecule has 28 heavy (non-hydrogen) atoms. The van der Waals surface area contributed by atoms with Gasteiger partial charge in [-0.25, -0.2) is 0 Å². The smallest absolute Gasteiger partial charge is 0.101 e. The summed E-state index contributed by atoms with van der Waals surface area (Å²) in [6.45, 7) is 10.5. The average Bonchev–Trinajstić information content (AvgIpc) is 3.09. The van der Waals surface area contributed by atoms with E-state index in [-0.39, 0.29) is 0 Å². The van der Waals surface area contributed by atoms with E-state index in [0.717, 1.165) is 0 Å². The van der Waals surface area contributed by atoms with Gasteiger partial charge in [0, 0.05) is 25.0 Å². The second-order valence-corrected chi connectivity index (χ2v) is 9.30. The minimum atomic E-state index is 0.610. The second kappa shape index (κ2) is 17.2. The van der Waals surface area contributed by atoms with Crippen LogP contribution in [0.2, 0.25) is 0 Å². The zero-order chi connectivity index (χ0) is 20.5. The van der Waals surface area contributed by atoms with Crippen LogP contribution in [-0.4, -0.2) is 28.6 Å². The van der Waals surface area contributed by atoms with Gasteiger partial charge in [0.2, 0.25) is 0 Å². The lowest BCUT2D eigenvalue weighted by atomic mass is 10.0. The minimum Gasteiger partial charge on any atom is -0.356 e. The van der Waals surface area contributed by atoms with E-state index in [1.807, 2.05) is 0 Å². The molecule has 0 saturated carbocycles. The SMILES string of the molecule is CCCCCCCCCCCC1N(CCCCCCCCC)C=CN1C(C)C. The number of unbranched alkanes of at least 4 members (excludes halogenated alkanes) is 14. The van der Waals surface area contributed by atoms with E-state index in [4.69, 9.17) is 0 Å². The second-order valence-electron chi connectivity index (χ2n) is 9.30. The molecule has 1 aliphatic rings. The Morgan fingerprint density at radius 1 is 0.607 bits per heavy atom. The van der Waals surface area contributed by atoms with E-state index >= 15 is 0 Å². The van der Waals surface area contributed by atoms with E-state index in [1.165, 1.54) is 116 Å². The molecular formula is C26H52N2. The zero-order valence-corrected chi connectivity index (χ0v) is 19.9. The summed E-state index contributed by atoms with van der Waals surface area (Å²) >= 11 is 0. The van der Waals surface area contributed by atoms with E-state index in [1.54, 1.807) is 0 Å². The quantitative estimate of drug-likeness (QED) is 0.203. The van der Waals surface area contributed by atoms with Gasteiger partial charge in [0.15, 0.2) is 0 Å². The monoisotopic (exact) mass is 392 g/mol. The molecule has 1 aliphatic heterocycles. The van der Waals surface area contributed by atoms with Crippen LogP contribution in [0.1, 0.15) is 137 Å². The van der Waals surface area contributed by atoms with Crippen molar-refractivity contribution in [3.8, 4) is 0 Å². The van der Waals surface area contributed by atoms with E-state index in [9.17, 15) is 0 Å². The fraction of sp³-hybridized carbons (Fsp3) is 0.923. The molecule has 0 bridgehead atoms. The van der Waals surface area contributed by atoms with Crippen LogP contribution in [0.3, 0.4) is 0 Å². The Bertz CT molecular complexity index is 363. The number of rotatable bonds is 19. The van der Waals surface area contributed by atoms with Crippen molar-refractivity contribution in [1.29, 1.82) is 0 Å². The first-order chi connectivity index (χ1) is 13.7. The third-order valence-electron chi connectivity index (χ3n) is 6.34. The predicted octanol–water partition coefficient (Wildman–Crippen LogP) is 8.48. The lowest BCUT2D eigenvalue weighted by Gasteiger charge is -2.35. The summed E-state index contributed by atoms with van der Waals surface area (Å²) in [5.41, 5.74) is 0. The summed E-state index contributed by atoms with van der Waals surface area (Å²) in [6.07, 6.45) is 29.3. The molecule has 0 amide bonds. The first-order valence-corrected chi connectivity index (χ1v) is 12.9. The fourth-order valence-corrected chi connectivity index (χ4v) is 4.48. The highest BCUT2D eigenvalue weighted by molar-refractivity contribution is 4.98. The van der Waals surface area contributed by atoms with E-state index < -0.39 is 0 Å². The van der Waals surface area contributed by atoms with E-state index in [2.05, 4.69) is 49.9 Å². The summed E-state index contributed by atoms with van der Waals surface area (Å²) in [4.78, 5) is 5.22. The average molecular weight is 393 g/mol. The molecule has 1 atom stereocenters. The summed E-state index contributed by atoms with van der Waals surface area (Å²) in [5.74, 6) is 0. The van der Waals surface area contributed by atoms with Crippen LogP contribution in [0, 0.1) is 0 Å². The fourth-order valence-electron chi connectivity index (χ4n) is 4.48. The Hall–Kier alpha value is -0.660. The molecule has 1 unspecified atom stereocenters. The van der Waals surface area contributed by atoms with Gasteiger partial charge < -0.3 is 9.80 Å². The van der Waals surface area contributed by atoms with Crippen LogP contribution in [0.5, 0.6) is 0 Å². The molecule has 2 nitrogen and oxygen atoms in total. The number of hydrogen-bond donors (Lipinski definition) is 0. The van der Waals surface area contributed by atoms with Crippen LogP contribution in [0.25, 0.3) is 0 Å². The summed E-state index contributed by atoms with van der Waals surface area (Å²) < 4.78 is 0. The lowest BCUT2D eigenvalue weighted by molar-refractivity contribution is 0.114. The largest absolute Gasteiger partial charge is 0.356 e. The van der Waals surface area contributed by atoms with Gasteiger partial charge in [-0.3, -0.25) is 0 Å². The first-order valence-electron chi connectivity index (χ1n) is 12.9. The summed E-state index contributed by atoms with van der Waals surface area (Å²) in [7, 11) is 0. The van der Waals surface area contributed by atoms with Crippen molar-refractivity contribution in [2.45, 2.75) is 149 Å². The maximum Gasteiger partial charge on any atom is 0.101 e. The van der Waals surface area contributed by atoms with Crippen molar-refractivity contribution in [3.05, 3.63) is 12.4 Å². The van der Waals surface area contributed by atoms with Gasteiger partial charge in [-0.15, -0.1) is 0 Å². The minimum absolute atomic E-state index is 0.610. The molecule has 2 heteroatoms. The third-order valence-corrected chi connectivity index (χ3v) is 6.34. The molecule has 0 fully saturated rings. The molecule has 0 N–H and O–H groups in total. The Balaban J connectivity index is 2.17. The van der Waals surface area contributed by atoms with Crippen LogP contribution >= 0.6 is 0 Å². The molecule has 0 spiro atoms. The normalized spacial score (nSPS) is 16.7. The Labute approximate surface area is 178 Å². The Morgan fingerprint density at radius 2 is 1.07 bits per heavy atom. The van der Waals surface area contributed by atoms with Crippen molar-refractivity contribution in [2.24, 2.45) is 0 Å². The van der Waals surface area contributed by atoms with Crippen LogP contribution < -0.4 is 0 Å². The van der Waals surface area contributed by atoms with Gasteiger partial charge >= 0.3 is 0 Å². The maximum atomic E-state index is 2.64. The van der Waals surface area contributed by atoms with Gasteiger partial charge in [0.1, 0.15) is 6.17 Å². The molecule has 0 aromatic carbocycles. The number of nitrogens with zero attached hydrogens (tertiary/aromatic N) is 2. The molecule has 0 aromatic heterocycles. The maximum absolute atomic E-state index is 2.64. The standard InChI is InChI=1S/C26H52N2/c1-5-7-9-11-13-14-15-17-19-21-26-27(23-24-28(26)25(3)4)22-20-18-16-12-10-8-6-2/h23-26H,5-22H2,1-4H3. The molecule has 166 valence electrons. The van der Waals surface area contributed by atoms with Crippen molar-refractivity contribution in [1.82, 2.24) is 9.80 Å². The highest BCUT2D eigenvalue weighted by Crippen LogP contribution is 2.24. The zero-order valence-electron chi connectivity index (χ0n) is 19.9. The van der Waals surface area contributed by atoms with Gasteiger partial charge in [-0.1, -0.05) is 104 Å². The highest BCUT2D eigenvalue weighted by Gasteiger charge is 2.26. The molecule has 0 aromatic rings. The third kappa shape index (κ3) is 11.4. The molecule has 0 saturated heterocycles. The molecule has 1 heterocycles. The van der Waals surface area contributed by atoms with Gasteiger partial charge in [-0.05, 0) is 33.1 Å². The van der Waals surface area contributed by atoms with Crippen molar-refractivity contribution in [3.63, 3.8) is 0 Å². The lowest BCUT2D eigenvalue weighted by Crippen LogP contribution is -2.42. The topological polar surface area (TPSA) is 6.48 Å². The van der Waals surface area contributed by atoms with Crippen LogP contribution in [-0.2, 0) is 0 Å². The Kier molecular flexibility index (Phi) is 15.6. The summed E-state index contributed by atoms with van der Waals surface area (Å²) in [5, 5.41) is 0. The van der Waals surface area contributed by atoms with Crippen LogP contribution in [0.4, 0.5) is 0 Å². The molecule has 0 radical (unpaired) electrons. The van der Waals surface area contributed by atoms with Crippen LogP contribution in [0.15, 0.2) is 12.4 Å². The van der Waals surface area contributed by atoms with E-state index in [0.29, 0.717) is 12.2 Å².